The smallest absolute Gasteiger partial charge is 0.369 e. The summed E-state index contributed by atoms with van der Waals surface area (Å²) in [4.78, 5) is 14.3. The minimum Gasteiger partial charge on any atom is -0.409 e. The fraction of sp³-hybridized carbons (Fsp3) is 0.0606. The van der Waals surface area contributed by atoms with Gasteiger partial charge >= 0.3 is 6.98 Å². The topological polar surface area (TPSA) is 62.7 Å². The normalized spacial score (nSPS) is 12.4. The van der Waals surface area contributed by atoms with Gasteiger partial charge in [0.15, 0.2) is 11.6 Å². The molecule has 0 aliphatic heterocycles. The van der Waals surface area contributed by atoms with E-state index in [0.29, 0.717) is 23.5 Å². The van der Waals surface area contributed by atoms with Gasteiger partial charge in [0.05, 0.1) is 0 Å². The molecule has 188 valence electrons. The van der Waals surface area contributed by atoms with E-state index in [1.54, 1.807) is 0 Å². The fourth-order valence-corrected chi connectivity index (χ4v) is 4.76. The number of benzene rings is 4. The van der Waals surface area contributed by atoms with Gasteiger partial charge in [-0.05, 0) is 24.0 Å². The van der Waals surface area contributed by atoms with Gasteiger partial charge in [-0.2, -0.15) is 9.97 Å². The van der Waals surface area contributed by atoms with E-state index in [-0.39, 0.29) is 6.98 Å². The maximum Gasteiger partial charge on any atom is 0.369 e. The first-order valence-electron chi connectivity index (χ1n) is 13.2. The summed E-state index contributed by atoms with van der Waals surface area (Å²) in [6, 6.07) is 37.1. The van der Waals surface area contributed by atoms with Crippen molar-refractivity contribution in [1.29, 1.82) is 0 Å². The van der Waals surface area contributed by atoms with Gasteiger partial charge in [0.1, 0.15) is 0 Å². The van der Waals surface area contributed by atoms with Crippen LogP contribution in [0.5, 0.6) is 0 Å². The third kappa shape index (κ3) is 5.65. The van der Waals surface area contributed by atoms with Crippen molar-refractivity contribution < 1.29 is 0 Å². The zero-order chi connectivity index (χ0) is 26.4. The third-order valence-corrected chi connectivity index (χ3v) is 6.67. The number of nitrogens with zero attached hydrogens (tertiary/aromatic N) is 3. The van der Waals surface area contributed by atoms with Gasteiger partial charge in [-0.15, -0.1) is 0 Å². The zero-order valence-electron chi connectivity index (χ0n) is 21.7. The second-order valence-electron chi connectivity index (χ2n) is 9.52. The molecule has 1 aromatic heterocycles. The van der Waals surface area contributed by atoms with Gasteiger partial charge in [0, 0.05) is 28.3 Å². The van der Waals surface area contributed by atoms with Crippen molar-refractivity contribution in [3.8, 4) is 33.9 Å². The van der Waals surface area contributed by atoms with Gasteiger partial charge in [-0.25, -0.2) is 4.98 Å². The number of aromatic nitrogens is 3. The average molecular weight is 505 g/mol. The number of hydrogen-bond donors (Lipinski definition) is 2. The minimum atomic E-state index is -0.148. The highest BCUT2D eigenvalue weighted by Crippen LogP contribution is 2.32. The molecule has 1 aliphatic rings. The second kappa shape index (κ2) is 11.2. The van der Waals surface area contributed by atoms with Crippen LogP contribution in [0.2, 0.25) is 6.82 Å². The maximum absolute atomic E-state index is 4.77. The van der Waals surface area contributed by atoms with Gasteiger partial charge in [-0.3, -0.25) is 0 Å². The van der Waals surface area contributed by atoms with Crippen LogP contribution in [-0.4, -0.2) is 21.9 Å². The molecule has 4 aromatic carbocycles. The van der Waals surface area contributed by atoms with E-state index >= 15 is 0 Å². The largest absolute Gasteiger partial charge is 0.409 e. The standard InChI is InChI=1S/C33H28BN5/c1-34(38-30-22-11-10-21-29(30)28-20-12-19-27(23-28)24-13-8-9-14-24)39-33-36-31(25-15-4-2-5-16-25)35-32(37-33)26-17-6-3-7-18-26/h2-24,38H,1H3,(H,35,36,37,39). The summed E-state index contributed by atoms with van der Waals surface area (Å²) in [5.74, 6) is 2.10. The summed E-state index contributed by atoms with van der Waals surface area (Å²) in [5, 5.41) is 7.08. The highest BCUT2D eigenvalue weighted by Gasteiger charge is 2.17. The molecule has 6 rings (SSSR count). The van der Waals surface area contributed by atoms with Crippen molar-refractivity contribution in [3.63, 3.8) is 0 Å². The Morgan fingerprint density at radius 3 is 1.85 bits per heavy atom. The highest BCUT2D eigenvalue weighted by atomic mass is 15.2. The van der Waals surface area contributed by atoms with Crippen LogP contribution >= 0.6 is 0 Å². The Hall–Kier alpha value is -4.97. The molecule has 0 saturated heterocycles. The molecule has 1 heterocycles. The Kier molecular flexibility index (Phi) is 7.00. The minimum absolute atomic E-state index is 0.148. The fourth-order valence-electron chi connectivity index (χ4n) is 4.76. The summed E-state index contributed by atoms with van der Waals surface area (Å²) in [7, 11) is 0. The number of rotatable bonds is 8. The van der Waals surface area contributed by atoms with Crippen LogP contribution in [0.15, 0.2) is 133 Å². The highest BCUT2D eigenvalue weighted by molar-refractivity contribution is 6.64. The molecule has 0 spiro atoms. The lowest BCUT2D eigenvalue weighted by molar-refractivity contribution is 1.08. The lowest BCUT2D eigenvalue weighted by Crippen LogP contribution is -2.32. The van der Waals surface area contributed by atoms with E-state index in [1.807, 2.05) is 60.7 Å². The molecule has 6 heteroatoms. The Morgan fingerprint density at radius 1 is 0.590 bits per heavy atom. The summed E-state index contributed by atoms with van der Waals surface area (Å²) in [5.41, 5.74) is 6.52. The van der Waals surface area contributed by atoms with Crippen LogP contribution in [0.4, 0.5) is 11.6 Å². The number of hydrogen-bond acceptors (Lipinski definition) is 5. The predicted octanol–water partition coefficient (Wildman–Crippen LogP) is 7.72. The Balaban J connectivity index is 1.28. The Labute approximate surface area is 229 Å². The predicted molar refractivity (Wildman–Crippen MR) is 162 cm³/mol. The van der Waals surface area contributed by atoms with Crippen molar-refractivity contribution >= 4 is 18.6 Å². The summed E-state index contributed by atoms with van der Waals surface area (Å²) < 4.78 is 0. The first kappa shape index (κ1) is 24.4. The molecule has 0 saturated carbocycles. The summed E-state index contributed by atoms with van der Waals surface area (Å²) in [6.07, 6.45) is 8.65. The van der Waals surface area contributed by atoms with Crippen LogP contribution < -0.4 is 10.5 Å². The zero-order valence-corrected chi connectivity index (χ0v) is 21.7. The van der Waals surface area contributed by atoms with Gasteiger partial charge in [-0.1, -0.05) is 127 Å². The molecule has 5 aromatic rings. The van der Waals surface area contributed by atoms with E-state index < -0.39 is 0 Å². The van der Waals surface area contributed by atoms with Gasteiger partial charge < -0.3 is 10.5 Å². The van der Waals surface area contributed by atoms with Crippen LogP contribution in [0.3, 0.4) is 0 Å². The lowest BCUT2D eigenvalue weighted by Gasteiger charge is -2.18. The van der Waals surface area contributed by atoms with E-state index in [4.69, 9.17) is 15.0 Å². The second-order valence-corrected chi connectivity index (χ2v) is 9.52. The van der Waals surface area contributed by atoms with E-state index in [9.17, 15) is 0 Å². The van der Waals surface area contributed by atoms with Crippen molar-refractivity contribution in [2.75, 3.05) is 10.5 Å². The summed E-state index contributed by atoms with van der Waals surface area (Å²) >= 11 is 0. The Morgan fingerprint density at radius 2 is 1.18 bits per heavy atom. The number of para-hydroxylation sites is 1. The number of allylic oxidation sites excluding steroid dienone is 4. The average Bonchev–Trinajstić information content (AvgIpc) is 3.54. The molecule has 1 aliphatic carbocycles. The quantitative estimate of drug-likeness (QED) is 0.211. The van der Waals surface area contributed by atoms with Crippen LogP contribution in [0.1, 0.15) is 11.5 Å². The molecule has 0 fully saturated rings. The van der Waals surface area contributed by atoms with Crippen molar-refractivity contribution in [3.05, 3.63) is 139 Å². The molecule has 0 bridgehead atoms. The van der Waals surface area contributed by atoms with Crippen LogP contribution in [0.25, 0.3) is 33.9 Å². The molecule has 5 nitrogen and oxygen atoms in total. The number of anilines is 2. The molecule has 0 amide bonds. The maximum atomic E-state index is 4.77. The first-order chi connectivity index (χ1) is 19.2. The van der Waals surface area contributed by atoms with Crippen molar-refractivity contribution in [2.45, 2.75) is 12.7 Å². The third-order valence-electron chi connectivity index (χ3n) is 6.67. The number of nitrogens with one attached hydrogen (secondary N) is 2. The van der Waals surface area contributed by atoms with Gasteiger partial charge in [0.25, 0.3) is 0 Å². The van der Waals surface area contributed by atoms with E-state index in [1.165, 1.54) is 11.1 Å². The van der Waals surface area contributed by atoms with Crippen molar-refractivity contribution in [2.24, 2.45) is 0 Å². The molecule has 2 N–H and O–H groups in total. The monoisotopic (exact) mass is 505 g/mol. The molecule has 39 heavy (non-hydrogen) atoms. The van der Waals surface area contributed by atoms with Gasteiger partial charge in [0.2, 0.25) is 5.95 Å². The van der Waals surface area contributed by atoms with Crippen molar-refractivity contribution in [1.82, 2.24) is 15.0 Å². The molecule has 0 unspecified atom stereocenters. The van der Waals surface area contributed by atoms with Crippen LogP contribution in [-0.2, 0) is 0 Å². The lowest BCUT2D eigenvalue weighted by atomic mass is 9.80. The Bertz CT molecular complexity index is 1560. The molecular formula is C33H28BN5. The first-order valence-corrected chi connectivity index (χ1v) is 13.2. The van der Waals surface area contributed by atoms with E-state index in [2.05, 4.69) is 90.1 Å². The SMILES string of the molecule is CB(Nc1nc(-c2ccccc2)nc(-c2ccccc2)n1)Nc1ccccc1-c1cccc(C2C=CC=C2)c1. The van der Waals surface area contributed by atoms with Crippen LogP contribution in [0, 0.1) is 0 Å². The molecular weight excluding hydrogens is 477 g/mol. The molecule has 0 radical (unpaired) electrons. The summed E-state index contributed by atoms with van der Waals surface area (Å²) in [6.45, 7) is 1.92. The van der Waals surface area contributed by atoms with E-state index in [0.717, 1.165) is 22.4 Å². The molecule has 0 atom stereocenters.